The first-order valence-corrected chi connectivity index (χ1v) is 14.0. The van der Waals surface area contributed by atoms with Crippen molar-refractivity contribution in [1.29, 1.82) is 0 Å². The molecule has 15 heteroatoms. The van der Waals surface area contributed by atoms with E-state index in [0.717, 1.165) is 0 Å². The fraction of sp³-hybridized carbons (Fsp3) is 0.333. The van der Waals surface area contributed by atoms with Crippen LogP contribution in [0.15, 0.2) is 46.6 Å². The van der Waals surface area contributed by atoms with E-state index in [1.807, 2.05) is 0 Å². The number of benzene rings is 2. The van der Waals surface area contributed by atoms with E-state index >= 15 is 0 Å². The van der Waals surface area contributed by atoms with Crippen molar-refractivity contribution in [2.24, 2.45) is 15.7 Å². The van der Waals surface area contributed by atoms with Gasteiger partial charge in [0.05, 0.1) is 39.1 Å². The maximum Gasteiger partial charge on any atom is 0.178 e. The summed E-state index contributed by atoms with van der Waals surface area (Å²) in [5, 5.41) is 26.9. The predicted octanol–water partition coefficient (Wildman–Crippen LogP) is 4.08. The number of hydrogen-bond acceptors (Lipinski definition) is 8. The van der Waals surface area contributed by atoms with Gasteiger partial charge in [-0.25, -0.2) is 28.1 Å². The molecule has 42 heavy (non-hydrogen) atoms. The molecule has 4 unspecified atom stereocenters. The molecule has 10 nitrogen and oxygen atoms in total. The first-order valence-electron chi connectivity index (χ1n) is 12.8. The monoisotopic (exact) mass is 620 g/mol. The summed E-state index contributed by atoms with van der Waals surface area (Å²) in [7, 11) is 0. The number of nitrogens with zero attached hydrogens (tertiary/aromatic N) is 5. The van der Waals surface area contributed by atoms with Gasteiger partial charge in [-0.1, -0.05) is 11.6 Å². The van der Waals surface area contributed by atoms with E-state index in [0.29, 0.717) is 9.71 Å². The summed E-state index contributed by atoms with van der Waals surface area (Å²) >= 11 is 6.99. The lowest BCUT2D eigenvalue weighted by Crippen LogP contribution is -2.57. The molecule has 4 aromatic rings. The molecule has 4 heterocycles. The number of rotatable bonds is 4. The van der Waals surface area contributed by atoms with E-state index in [9.17, 15) is 23.4 Å². The van der Waals surface area contributed by atoms with E-state index in [1.54, 1.807) is 13.0 Å². The van der Waals surface area contributed by atoms with Gasteiger partial charge in [0.25, 0.3) is 0 Å². The Labute approximate surface area is 245 Å². The highest BCUT2D eigenvalue weighted by molar-refractivity contribution is 7.18. The summed E-state index contributed by atoms with van der Waals surface area (Å²) in [6.45, 7) is 3.18. The van der Waals surface area contributed by atoms with Crippen LogP contribution in [0, 0.1) is 24.4 Å². The van der Waals surface area contributed by atoms with Crippen LogP contribution in [0.4, 0.5) is 18.9 Å². The van der Waals surface area contributed by atoms with Gasteiger partial charge in [-0.05, 0) is 32.0 Å². The number of aliphatic imine (C=N–C) groups is 2. The average molecular weight is 621 g/mol. The molecule has 0 bridgehead atoms. The van der Waals surface area contributed by atoms with E-state index in [4.69, 9.17) is 26.8 Å². The lowest BCUT2D eigenvalue weighted by Gasteiger charge is -2.41. The molecule has 6 atom stereocenters. The highest BCUT2D eigenvalue weighted by Crippen LogP contribution is 2.39. The van der Waals surface area contributed by atoms with Gasteiger partial charge in [0.2, 0.25) is 0 Å². The van der Waals surface area contributed by atoms with Gasteiger partial charge in [-0.3, -0.25) is 4.68 Å². The topological polar surface area (TPSA) is 140 Å². The molecule has 0 amide bonds. The Bertz CT molecular complexity index is 1740. The minimum atomic E-state index is -1.43. The van der Waals surface area contributed by atoms with Gasteiger partial charge in [-0.2, -0.15) is 5.10 Å². The SMILES string of the molecule is CC(N)=NC(=Nc1cc(F)c2nc(C)sc2c1)[C@@H]1OC2C(O)CO[C@@H]2C(n2cc(-c3ccc(Cl)c(F)c3F)cn2)C1O. The zero-order chi connectivity index (χ0) is 29.9. The molecular formula is C27H24ClF3N6O4S. The molecule has 2 aromatic heterocycles. The standard InChI is InChI=1S/C27H24ClF3N6O4S/c1-10(32)34-27(36-13-5-16(29)21-18(6-13)42-11(2)35-21)26-23(39)22(25-24(41-26)17(38)9-40-25)37-8-12(7-33-37)14-3-4-15(28)20(31)19(14)30/h3-8,17,22-26,38-39H,9H2,1-2H3,(H2,32,34,36)/t17?,22?,23?,24?,25-,26-/m1/s1. The summed E-state index contributed by atoms with van der Waals surface area (Å²) in [5.41, 5.74) is 6.41. The van der Waals surface area contributed by atoms with Gasteiger partial charge in [-0.15, -0.1) is 11.3 Å². The Morgan fingerprint density at radius 3 is 2.74 bits per heavy atom. The molecule has 2 aliphatic heterocycles. The fourth-order valence-corrected chi connectivity index (χ4v) is 6.25. The highest BCUT2D eigenvalue weighted by Gasteiger charge is 2.54. The summed E-state index contributed by atoms with van der Waals surface area (Å²) in [6, 6.07) is 4.37. The molecule has 2 aromatic carbocycles. The normalized spacial score (nSPS) is 26.7. The van der Waals surface area contributed by atoms with Crippen molar-refractivity contribution in [3.05, 3.63) is 64.1 Å². The first kappa shape index (κ1) is 28.7. The molecule has 2 fully saturated rings. The lowest BCUT2D eigenvalue weighted by atomic mass is 9.91. The zero-order valence-corrected chi connectivity index (χ0v) is 23.7. The second kappa shape index (κ2) is 11.0. The number of nitrogens with two attached hydrogens (primary N) is 1. The van der Waals surface area contributed by atoms with Crippen LogP contribution in [0.2, 0.25) is 5.02 Å². The number of amidine groups is 2. The lowest BCUT2D eigenvalue weighted by molar-refractivity contribution is -0.168. The number of aryl methyl sites for hydroxylation is 1. The third-order valence-corrected chi connectivity index (χ3v) is 8.25. The van der Waals surface area contributed by atoms with E-state index < -0.39 is 54.0 Å². The summed E-state index contributed by atoms with van der Waals surface area (Å²) in [5.74, 6) is -2.93. The van der Waals surface area contributed by atoms with Crippen LogP contribution >= 0.6 is 22.9 Å². The highest BCUT2D eigenvalue weighted by atomic mass is 35.5. The number of fused-ring (bicyclic) bond motifs is 2. The molecule has 220 valence electrons. The number of ether oxygens (including phenoxy) is 2. The van der Waals surface area contributed by atoms with Gasteiger partial charge in [0.1, 0.15) is 42.1 Å². The van der Waals surface area contributed by atoms with Crippen molar-refractivity contribution in [2.45, 2.75) is 50.4 Å². The average Bonchev–Trinajstić information content (AvgIpc) is 3.65. The van der Waals surface area contributed by atoms with Crippen molar-refractivity contribution >= 4 is 50.5 Å². The number of hydrogen-bond donors (Lipinski definition) is 3. The summed E-state index contributed by atoms with van der Waals surface area (Å²) in [4.78, 5) is 13.0. The van der Waals surface area contributed by atoms with E-state index in [-0.39, 0.29) is 45.6 Å². The van der Waals surface area contributed by atoms with Gasteiger partial charge in [0.15, 0.2) is 23.3 Å². The second-order valence-corrected chi connectivity index (χ2v) is 11.7. The molecule has 0 spiro atoms. The molecule has 0 saturated carbocycles. The molecule has 6 rings (SSSR count). The molecule has 0 aliphatic carbocycles. The van der Waals surface area contributed by atoms with Gasteiger partial charge < -0.3 is 25.4 Å². The van der Waals surface area contributed by atoms with Crippen molar-refractivity contribution in [2.75, 3.05) is 6.61 Å². The number of aromatic nitrogens is 3. The molecular weight excluding hydrogens is 597 g/mol. The summed E-state index contributed by atoms with van der Waals surface area (Å²) < 4.78 is 57.4. The number of aliphatic hydroxyl groups is 2. The maximum atomic E-state index is 14.8. The van der Waals surface area contributed by atoms with Crippen molar-refractivity contribution in [3.8, 4) is 11.1 Å². The number of halogens is 4. The Morgan fingerprint density at radius 2 is 1.98 bits per heavy atom. The predicted molar refractivity (Wildman–Crippen MR) is 151 cm³/mol. The molecule has 4 N–H and O–H groups in total. The minimum absolute atomic E-state index is 0.0803. The number of aliphatic hydroxyl groups excluding tert-OH is 2. The van der Waals surface area contributed by atoms with Crippen LogP contribution in [0.1, 0.15) is 18.0 Å². The quantitative estimate of drug-likeness (QED) is 0.177. The van der Waals surface area contributed by atoms with Crippen LogP contribution in [0.5, 0.6) is 0 Å². The third-order valence-electron chi connectivity index (χ3n) is 7.05. The van der Waals surface area contributed by atoms with Crippen LogP contribution in [0.3, 0.4) is 0 Å². The van der Waals surface area contributed by atoms with Crippen molar-refractivity contribution in [3.63, 3.8) is 0 Å². The Kier molecular flexibility index (Phi) is 7.53. The van der Waals surface area contributed by atoms with Crippen LogP contribution in [0.25, 0.3) is 21.3 Å². The second-order valence-electron chi connectivity index (χ2n) is 10.0. The van der Waals surface area contributed by atoms with Gasteiger partial charge in [0, 0.05) is 23.4 Å². The van der Waals surface area contributed by atoms with Crippen LogP contribution < -0.4 is 5.73 Å². The van der Waals surface area contributed by atoms with E-state index in [1.165, 1.54) is 53.5 Å². The first-order chi connectivity index (χ1) is 20.0. The summed E-state index contributed by atoms with van der Waals surface area (Å²) in [6.07, 6.45) is -2.87. The number of thiazole rings is 1. The molecule has 0 radical (unpaired) electrons. The maximum absolute atomic E-state index is 14.8. The smallest absolute Gasteiger partial charge is 0.178 e. The van der Waals surface area contributed by atoms with Gasteiger partial charge >= 0.3 is 0 Å². The van der Waals surface area contributed by atoms with Crippen molar-refractivity contribution < 1.29 is 32.9 Å². The Hall–Kier alpha value is -3.40. The van der Waals surface area contributed by atoms with Crippen LogP contribution in [-0.2, 0) is 9.47 Å². The van der Waals surface area contributed by atoms with Crippen LogP contribution in [-0.4, -0.2) is 73.8 Å². The Balaban J connectivity index is 1.41. The third kappa shape index (κ3) is 5.08. The largest absolute Gasteiger partial charge is 0.388 e. The van der Waals surface area contributed by atoms with E-state index in [2.05, 4.69) is 20.1 Å². The zero-order valence-electron chi connectivity index (χ0n) is 22.1. The fourth-order valence-electron chi connectivity index (χ4n) is 5.23. The Morgan fingerprint density at radius 1 is 1.19 bits per heavy atom. The molecule has 2 aliphatic rings. The van der Waals surface area contributed by atoms with Crippen molar-refractivity contribution in [1.82, 2.24) is 14.8 Å². The molecule has 2 saturated heterocycles. The minimum Gasteiger partial charge on any atom is -0.388 e.